The number of hydrogen-bond donors (Lipinski definition) is 1. The van der Waals surface area contributed by atoms with Crippen molar-refractivity contribution in [2.75, 3.05) is 0 Å². The summed E-state index contributed by atoms with van der Waals surface area (Å²) in [6.07, 6.45) is 6.60. The smallest absolute Gasteiger partial charge is 0.0540 e. The molecule has 0 spiro atoms. The predicted molar refractivity (Wildman–Crippen MR) is 86.5 cm³/mol. The largest absolute Gasteiger partial charge is 0.303 e. The van der Waals surface area contributed by atoms with Crippen LogP contribution < -0.4 is 5.32 Å². The summed E-state index contributed by atoms with van der Waals surface area (Å²) in [5.41, 5.74) is 4.00. The normalized spacial score (nSPS) is 19.3. The van der Waals surface area contributed by atoms with Gasteiger partial charge in [-0.25, -0.2) is 0 Å². The van der Waals surface area contributed by atoms with Crippen LogP contribution in [0.3, 0.4) is 0 Å². The first-order valence-electron chi connectivity index (χ1n) is 7.71. The number of nitrogens with zero attached hydrogens (tertiary/aromatic N) is 2. The van der Waals surface area contributed by atoms with Gasteiger partial charge < -0.3 is 5.32 Å². The quantitative estimate of drug-likeness (QED) is 0.917. The number of aryl methyl sites for hydroxylation is 1. The summed E-state index contributed by atoms with van der Waals surface area (Å²) in [5.74, 6) is 0. The lowest BCUT2D eigenvalue weighted by Crippen LogP contribution is -2.29. The molecule has 1 aliphatic carbocycles. The number of aromatic nitrogens is 2. The van der Waals surface area contributed by atoms with Gasteiger partial charge in [0.05, 0.1) is 6.20 Å². The number of hydrogen-bond acceptors (Lipinski definition) is 2. The van der Waals surface area contributed by atoms with Gasteiger partial charge in [-0.15, -0.1) is 0 Å². The number of fused-ring (bicyclic) bond motifs is 1. The molecule has 4 heteroatoms. The van der Waals surface area contributed by atoms with E-state index in [-0.39, 0.29) is 0 Å². The van der Waals surface area contributed by atoms with Crippen LogP contribution in [0.1, 0.15) is 55.1 Å². The first-order valence-corrected chi connectivity index (χ1v) is 8.09. The van der Waals surface area contributed by atoms with E-state index in [1.807, 2.05) is 30.1 Å². The van der Waals surface area contributed by atoms with Crippen LogP contribution in [-0.4, -0.2) is 9.78 Å². The lowest BCUT2D eigenvalue weighted by atomic mass is 9.91. The summed E-state index contributed by atoms with van der Waals surface area (Å²) in [6, 6.07) is 8.90. The number of nitrogens with one attached hydrogen (secondary N) is 1. The highest BCUT2D eigenvalue weighted by Gasteiger charge is 2.25. The van der Waals surface area contributed by atoms with Gasteiger partial charge in [0, 0.05) is 35.4 Å². The summed E-state index contributed by atoms with van der Waals surface area (Å²) in [5, 5.41) is 9.03. The van der Waals surface area contributed by atoms with Crippen LogP contribution in [0.4, 0.5) is 0 Å². The monoisotopic (exact) mass is 303 g/mol. The van der Waals surface area contributed by atoms with Gasteiger partial charge >= 0.3 is 0 Å². The van der Waals surface area contributed by atoms with Gasteiger partial charge in [-0.1, -0.05) is 30.7 Å². The van der Waals surface area contributed by atoms with Crippen molar-refractivity contribution in [3.63, 3.8) is 0 Å². The van der Waals surface area contributed by atoms with Gasteiger partial charge in [0.25, 0.3) is 0 Å². The zero-order chi connectivity index (χ0) is 14.8. The molecular formula is C17H22ClN3. The fraction of sp³-hybridized carbons (Fsp3) is 0.471. The molecule has 3 rings (SSSR count). The van der Waals surface area contributed by atoms with Gasteiger partial charge in [-0.3, -0.25) is 4.68 Å². The van der Waals surface area contributed by atoms with E-state index in [0.29, 0.717) is 12.1 Å². The van der Waals surface area contributed by atoms with E-state index in [4.69, 9.17) is 11.6 Å². The Morgan fingerprint density at radius 3 is 3.10 bits per heavy atom. The Kier molecular flexibility index (Phi) is 4.32. The molecule has 112 valence electrons. The molecule has 0 saturated carbocycles. The maximum atomic E-state index is 6.13. The molecule has 21 heavy (non-hydrogen) atoms. The molecule has 0 bridgehead atoms. The van der Waals surface area contributed by atoms with E-state index >= 15 is 0 Å². The third-order valence-corrected chi connectivity index (χ3v) is 4.67. The van der Waals surface area contributed by atoms with Crippen molar-refractivity contribution in [1.29, 1.82) is 0 Å². The van der Waals surface area contributed by atoms with Gasteiger partial charge in [0.1, 0.15) is 0 Å². The minimum Gasteiger partial charge on any atom is -0.303 e. The van der Waals surface area contributed by atoms with Crippen LogP contribution in [0.25, 0.3) is 0 Å². The molecule has 0 fully saturated rings. The first-order chi connectivity index (χ1) is 10.2. The van der Waals surface area contributed by atoms with Crippen LogP contribution in [0.5, 0.6) is 0 Å². The van der Waals surface area contributed by atoms with Crippen molar-refractivity contribution in [1.82, 2.24) is 15.1 Å². The van der Waals surface area contributed by atoms with Crippen molar-refractivity contribution >= 4 is 11.6 Å². The van der Waals surface area contributed by atoms with Crippen molar-refractivity contribution in [3.8, 4) is 0 Å². The van der Waals surface area contributed by atoms with E-state index in [2.05, 4.69) is 29.5 Å². The van der Waals surface area contributed by atoms with Crippen LogP contribution >= 0.6 is 11.6 Å². The molecule has 1 N–H and O–H groups in total. The molecular weight excluding hydrogens is 282 g/mol. The SMILES string of the molecule is CCC(NC1CCCc2c1cnn2C)c1cccc(Cl)c1. The third-order valence-electron chi connectivity index (χ3n) is 4.44. The van der Waals surface area contributed by atoms with Crippen LogP contribution in [0.2, 0.25) is 5.02 Å². The second-order valence-corrected chi connectivity index (χ2v) is 6.23. The minimum absolute atomic E-state index is 0.333. The van der Waals surface area contributed by atoms with Gasteiger partial charge in [0.2, 0.25) is 0 Å². The average Bonchev–Trinajstić information content (AvgIpc) is 2.87. The average molecular weight is 304 g/mol. The lowest BCUT2D eigenvalue weighted by Gasteiger charge is -2.28. The Hall–Kier alpha value is -1.32. The van der Waals surface area contributed by atoms with Crippen molar-refractivity contribution < 1.29 is 0 Å². The third kappa shape index (κ3) is 2.99. The summed E-state index contributed by atoms with van der Waals surface area (Å²) < 4.78 is 2.02. The van der Waals surface area contributed by atoms with Gasteiger partial charge in [0.15, 0.2) is 0 Å². The summed E-state index contributed by atoms with van der Waals surface area (Å²) in [7, 11) is 2.04. The van der Waals surface area contributed by atoms with E-state index in [1.54, 1.807) is 0 Å². The van der Waals surface area contributed by atoms with E-state index in [1.165, 1.54) is 29.7 Å². The highest BCUT2D eigenvalue weighted by molar-refractivity contribution is 6.30. The first kappa shape index (κ1) is 14.6. The number of rotatable bonds is 4. The molecule has 2 aromatic rings. The van der Waals surface area contributed by atoms with Crippen molar-refractivity contribution in [2.24, 2.45) is 7.05 Å². The number of halogens is 1. The van der Waals surface area contributed by atoms with Crippen LogP contribution in [0, 0.1) is 0 Å². The highest BCUT2D eigenvalue weighted by Crippen LogP contribution is 2.32. The fourth-order valence-corrected chi connectivity index (χ4v) is 3.49. The highest BCUT2D eigenvalue weighted by atomic mass is 35.5. The van der Waals surface area contributed by atoms with Crippen molar-refractivity contribution in [3.05, 3.63) is 52.3 Å². The Morgan fingerprint density at radius 2 is 2.33 bits per heavy atom. The van der Waals surface area contributed by atoms with Gasteiger partial charge in [-0.2, -0.15) is 5.10 Å². The topological polar surface area (TPSA) is 29.9 Å². The molecule has 1 aromatic carbocycles. The standard InChI is InChI=1S/C17H22ClN3/c1-3-15(12-6-4-7-13(18)10-12)20-16-8-5-9-17-14(16)11-19-21(17)2/h4,6-7,10-11,15-16,20H,3,5,8-9H2,1-2H3. The lowest BCUT2D eigenvalue weighted by molar-refractivity contribution is 0.390. The van der Waals surface area contributed by atoms with Crippen LogP contribution in [0.15, 0.2) is 30.5 Å². The molecule has 2 unspecified atom stereocenters. The maximum absolute atomic E-state index is 6.13. The molecule has 1 aliphatic rings. The molecule has 0 aliphatic heterocycles. The summed E-state index contributed by atoms with van der Waals surface area (Å²) in [4.78, 5) is 0. The summed E-state index contributed by atoms with van der Waals surface area (Å²) in [6.45, 7) is 2.21. The molecule has 3 nitrogen and oxygen atoms in total. The second-order valence-electron chi connectivity index (χ2n) is 5.80. The molecule has 0 saturated heterocycles. The van der Waals surface area contributed by atoms with Gasteiger partial charge in [-0.05, 0) is 43.4 Å². The summed E-state index contributed by atoms with van der Waals surface area (Å²) >= 11 is 6.13. The Balaban J connectivity index is 1.82. The molecule has 2 atom stereocenters. The Labute approximate surface area is 131 Å². The minimum atomic E-state index is 0.333. The zero-order valence-corrected chi connectivity index (χ0v) is 13.4. The molecule has 0 radical (unpaired) electrons. The van der Waals surface area contributed by atoms with Crippen LogP contribution in [-0.2, 0) is 13.5 Å². The molecule has 1 heterocycles. The maximum Gasteiger partial charge on any atom is 0.0540 e. The predicted octanol–water partition coefficient (Wildman–Crippen LogP) is 4.19. The molecule has 1 aromatic heterocycles. The fourth-order valence-electron chi connectivity index (χ4n) is 3.30. The zero-order valence-electron chi connectivity index (χ0n) is 12.6. The van der Waals surface area contributed by atoms with Crippen molar-refractivity contribution in [2.45, 2.75) is 44.7 Å². The van der Waals surface area contributed by atoms with E-state index in [9.17, 15) is 0 Å². The Morgan fingerprint density at radius 1 is 1.48 bits per heavy atom. The molecule has 0 amide bonds. The van der Waals surface area contributed by atoms with E-state index in [0.717, 1.165) is 17.9 Å². The second kappa shape index (κ2) is 6.20. The number of benzene rings is 1. The van der Waals surface area contributed by atoms with E-state index < -0.39 is 0 Å². The Bertz CT molecular complexity index is 620.